The summed E-state index contributed by atoms with van der Waals surface area (Å²) < 4.78 is 5.16. The molecule has 0 N–H and O–H groups in total. The molecule has 1 aliphatic rings. The summed E-state index contributed by atoms with van der Waals surface area (Å²) in [5, 5.41) is 2.09. The first kappa shape index (κ1) is 15.1. The molecule has 1 amide bonds. The number of rotatable bonds is 5. The van der Waals surface area contributed by atoms with Crippen LogP contribution in [-0.4, -0.2) is 24.5 Å². The Kier molecular flexibility index (Phi) is 4.78. The monoisotopic (exact) mass is 315 g/mol. The van der Waals surface area contributed by atoms with E-state index in [-0.39, 0.29) is 5.91 Å². The third-order valence-electron chi connectivity index (χ3n) is 4.23. The fourth-order valence-electron chi connectivity index (χ4n) is 3.03. The second-order valence-electron chi connectivity index (χ2n) is 5.61. The van der Waals surface area contributed by atoms with Crippen molar-refractivity contribution in [3.63, 3.8) is 0 Å². The molecule has 0 bridgehead atoms. The molecule has 3 nitrogen and oxygen atoms in total. The smallest absolute Gasteiger partial charge is 0.223 e. The van der Waals surface area contributed by atoms with Gasteiger partial charge < -0.3 is 9.64 Å². The minimum atomic E-state index is 0.270. The Morgan fingerprint density at radius 3 is 2.82 bits per heavy atom. The molecule has 2 aromatic rings. The van der Waals surface area contributed by atoms with Gasteiger partial charge in [-0.25, -0.2) is 0 Å². The van der Waals surface area contributed by atoms with E-state index < -0.39 is 0 Å². The number of carbonyl (C=O) groups excluding carboxylic acids is 1. The van der Waals surface area contributed by atoms with Gasteiger partial charge in [0.15, 0.2) is 0 Å². The zero-order chi connectivity index (χ0) is 15.4. The molecule has 4 heteroatoms. The molecule has 1 aliphatic heterocycles. The Labute approximate surface area is 135 Å². The van der Waals surface area contributed by atoms with Gasteiger partial charge >= 0.3 is 0 Å². The van der Waals surface area contributed by atoms with Crippen LogP contribution in [0, 0.1) is 0 Å². The molecule has 1 aromatic carbocycles. The van der Waals surface area contributed by atoms with Crippen LogP contribution in [0.25, 0.3) is 0 Å². The standard InChI is InChI=1S/C18H21NO2S/c1-21-15-9-6-14(7-10-15)8-11-18(20)19-12-2-4-16(19)17-5-3-13-22-17/h3,5-7,9-10,13,16H,2,4,8,11-12H2,1H3. The number of aryl methyl sites for hydroxylation is 1. The predicted molar refractivity (Wildman–Crippen MR) is 89.3 cm³/mol. The van der Waals surface area contributed by atoms with Crippen molar-refractivity contribution < 1.29 is 9.53 Å². The van der Waals surface area contributed by atoms with E-state index in [9.17, 15) is 4.79 Å². The zero-order valence-electron chi connectivity index (χ0n) is 12.8. The van der Waals surface area contributed by atoms with E-state index in [0.29, 0.717) is 12.5 Å². The van der Waals surface area contributed by atoms with Crippen LogP contribution < -0.4 is 4.74 Å². The van der Waals surface area contributed by atoms with Crippen molar-refractivity contribution in [2.45, 2.75) is 31.7 Å². The average Bonchev–Trinajstić information content (AvgIpc) is 3.23. The predicted octanol–water partition coefficient (Wildman–Crippen LogP) is 4.05. The van der Waals surface area contributed by atoms with Gasteiger partial charge in [0.25, 0.3) is 0 Å². The van der Waals surface area contributed by atoms with E-state index in [1.165, 1.54) is 10.4 Å². The van der Waals surface area contributed by atoms with Gasteiger partial charge in [-0.2, -0.15) is 0 Å². The average molecular weight is 315 g/mol. The van der Waals surface area contributed by atoms with Crippen molar-refractivity contribution in [1.29, 1.82) is 0 Å². The molecule has 1 aromatic heterocycles. The van der Waals surface area contributed by atoms with Crippen molar-refractivity contribution in [2.75, 3.05) is 13.7 Å². The highest BCUT2D eigenvalue weighted by atomic mass is 32.1. The maximum absolute atomic E-state index is 12.6. The van der Waals surface area contributed by atoms with Crippen molar-refractivity contribution in [3.05, 3.63) is 52.2 Å². The molecule has 0 saturated carbocycles. The van der Waals surface area contributed by atoms with E-state index in [1.807, 2.05) is 24.3 Å². The number of thiophene rings is 1. The maximum Gasteiger partial charge on any atom is 0.223 e. The number of hydrogen-bond donors (Lipinski definition) is 0. The van der Waals surface area contributed by atoms with Crippen molar-refractivity contribution >= 4 is 17.2 Å². The van der Waals surface area contributed by atoms with Gasteiger partial charge in [-0.3, -0.25) is 4.79 Å². The lowest BCUT2D eigenvalue weighted by Crippen LogP contribution is -2.30. The Balaban J connectivity index is 1.59. The number of nitrogens with zero attached hydrogens (tertiary/aromatic N) is 1. The summed E-state index contributed by atoms with van der Waals surface area (Å²) >= 11 is 1.75. The highest BCUT2D eigenvalue weighted by Crippen LogP contribution is 2.34. The lowest BCUT2D eigenvalue weighted by molar-refractivity contribution is -0.132. The van der Waals surface area contributed by atoms with Crippen LogP contribution >= 0.6 is 11.3 Å². The third kappa shape index (κ3) is 3.33. The molecule has 1 unspecified atom stereocenters. The first-order valence-corrected chi connectivity index (χ1v) is 8.61. The number of hydrogen-bond acceptors (Lipinski definition) is 3. The van der Waals surface area contributed by atoms with Crippen LogP contribution in [0.3, 0.4) is 0 Å². The third-order valence-corrected chi connectivity index (χ3v) is 5.20. The molecular formula is C18H21NO2S. The van der Waals surface area contributed by atoms with Crippen molar-refractivity contribution in [1.82, 2.24) is 4.90 Å². The van der Waals surface area contributed by atoms with Gasteiger partial charge in [0.2, 0.25) is 5.91 Å². The SMILES string of the molecule is COc1ccc(CCC(=O)N2CCCC2c2cccs2)cc1. The number of benzene rings is 1. The molecule has 1 fully saturated rings. The number of amides is 1. The van der Waals surface area contributed by atoms with E-state index in [0.717, 1.165) is 31.6 Å². The summed E-state index contributed by atoms with van der Waals surface area (Å²) in [5.74, 6) is 1.12. The Morgan fingerprint density at radius 2 is 2.14 bits per heavy atom. The first-order chi connectivity index (χ1) is 10.8. The molecule has 1 saturated heterocycles. The summed E-state index contributed by atoms with van der Waals surface area (Å²) in [5.41, 5.74) is 1.18. The molecule has 3 rings (SSSR count). The van der Waals surface area contributed by atoms with E-state index in [2.05, 4.69) is 22.4 Å². The maximum atomic E-state index is 12.6. The fourth-order valence-corrected chi connectivity index (χ4v) is 3.90. The molecule has 116 valence electrons. The number of likely N-dealkylation sites (tertiary alicyclic amines) is 1. The summed E-state index contributed by atoms with van der Waals surface area (Å²) in [4.78, 5) is 15.9. The molecule has 0 aliphatic carbocycles. The van der Waals surface area contributed by atoms with Crippen LogP contribution in [-0.2, 0) is 11.2 Å². The number of carbonyl (C=O) groups is 1. The second-order valence-corrected chi connectivity index (χ2v) is 6.59. The highest BCUT2D eigenvalue weighted by Gasteiger charge is 2.29. The van der Waals surface area contributed by atoms with E-state index >= 15 is 0 Å². The lowest BCUT2D eigenvalue weighted by atomic mass is 10.1. The van der Waals surface area contributed by atoms with Gasteiger partial charge in [-0.05, 0) is 48.4 Å². The van der Waals surface area contributed by atoms with Gasteiger partial charge in [-0.15, -0.1) is 11.3 Å². The van der Waals surface area contributed by atoms with Crippen LogP contribution in [0.15, 0.2) is 41.8 Å². The van der Waals surface area contributed by atoms with Crippen LogP contribution in [0.5, 0.6) is 5.75 Å². The molecule has 22 heavy (non-hydrogen) atoms. The fraction of sp³-hybridized carbons (Fsp3) is 0.389. The van der Waals surface area contributed by atoms with Crippen LogP contribution in [0.4, 0.5) is 0 Å². The highest BCUT2D eigenvalue weighted by molar-refractivity contribution is 7.10. The van der Waals surface area contributed by atoms with Gasteiger partial charge in [-0.1, -0.05) is 18.2 Å². The number of methoxy groups -OCH3 is 1. The topological polar surface area (TPSA) is 29.5 Å². The van der Waals surface area contributed by atoms with Crippen molar-refractivity contribution in [2.24, 2.45) is 0 Å². The quantitative estimate of drug-likeness (QED) is 0.833. The largest absolute Gasteiger partial charge is 0.497 e. The summed E-state index contributed by atoms with van der Waals surface area (Å²) in [6.45, 7) is 0.893. The summed E-state index contributed by atoms with van der Waals surface area (Å²) in [6.07, 6.45) is 3.57. The molecule has 2 heterocycles. The van der Waals surface area contributed by atoms with Crippen molar-refractivity contribution in [3.8, 4) is 5.75 Å². The Morgan fingerprint density at radius 1 is 1.32 bits per heavy atom. The van der Waals surface area contributed by atoms with Gasteiger partial charge in [0.1, 0.15) is 5.75 Å². The Hall–Kier alpha value is -1.81. The second kappa shape index (κ2) is 6.97. The van der Waals surface area contributed by atoms with E-state index in [1.54, 1.807) is 18.4 Å². The number of ether oxygens (including phenoxy) is 1. The normalized spacial score (nSPS) is 17.7. The lowest BCUT2D eigenvalue weighted by Gasteiger charge is -2.24. The molecule has 1 atom stereocenters. The first-order valence-electron chi connectivity index (χ1n) is 7.74. The van der Waals surface area contributed by atoms with Gasteiger partial charge in [0, 0.05) is 17.8 Å². The van der Waals surface area contributed by atoms with E-state index in [4.69, 9.17) is 4.74 Å². The molecular weight excluding hydrogens is 294 g/mol. The molecule has 0 spiro atoms. The summed E-state index contributed by atoms with van der Waals surface area (Å²) in [6, 6.07) is 12.5. The summed E-state index contributed by atoms with van der Waals surface area (Å²) in [7, 11) is 1.66. The zero-order valence-corrected chi connectivity index (χ0v) is 13.6. The Bertz CT molecular complexity index is 607. The molecule has 0 radical (unpaired) electrons. The minimum Gasteiger partial charge on any atom is -0.497 e. The minimum absolute atomic E-state index is 0.270. The van der Waals surface area contributed by atoms with Gasteiger partial charge in [0.05, 0.1) is 13.2 Å². The van der Waals surface area contributed by atoms with Crippen LogP contribution in [0.2, 0.25) is 0 Å². The van der Waals surface area contributed by atoms with Crippen LogP contribution in [0.1, 0.15) is 35.7 Å².